The zero-order valence-corrected chi connectivity index (χ0v) is 17.1. The molecule has 0 radical (unpaired) electrons. The molecule has 8 nitrogen and oxygen atoms in total. The number of hydrogen-bond donors (Lipinski definition) is 2. The van der Waals surface area contributed by atoms with Gasteiger partial charge in [0.2, 0.25) is 15.9 Å². The van der Waals surface area contributed by atoms with Gasteiger partial charge in [-0.3, -0.25) is 9.59 Å². The number of benzene rings is 2. The minimum Gasteiger partial charge on any atom is -0.490 e. The summed E-state index contributed by atoms with van der Waals surface area (Å²) >= 11 is 0. The Morgan fingerprint density at radius 2 is 1.45 bits per heavy atom. The molecule has 0 aliphatic carbocycles. The molecule has 0 heterocycles. The number of ether oxygens (including phenoxy) is 2. The molecular weight excluding hydrogens is 396 g/mol. The molecule has 9 heteroatoms. The number of amides is 1. The van der Waals surface area contributed by atoms with Crippen LogP contribution in [-0.4, -0.2) is 46.6 Å². The zero-order valence-electron chi connectivity index (χ0n) is 16.3. The molecule has 0 bridgehead atoms. The fraction of sp³-hybridized carbons (Fsp3) is 0.300. The standard InChI is InChI=1S/C20H24N2O6S/c1-15-3-7-17(8-4-15)27-11-12-28-20(24)14-21-19(23)13-22-29(25,26)18-9-5-16(2)6-10-18/h3-10,22H,11-14H2,1-2H3,(H,21,23). The van der Waals surface area contributed by atoms with Gasteiger partial charge < -0.3 is 14.8 Å². The smallest absolute Gasteiger partial charge is 0.325 e. The predicted octanol–water partition coefficient (Wildman–Crippen LogP) is 1.32. The van der Waals surface area contributed by atoms with Gasteiger partial charge in [0.1, 0.15) is 25.5 Å². The van der Waals surface area contributed by atoms with E-state index in [4.69, 9.17) is 9.47 Å². The molecule has 0 spiro atoms. The minimum atomic E-state index is -3.80. The van der Waals surface area contributed by atoms with Crippen molar-refractivity contribution in [2.75, 3.05) is 26.3 Å². The summed E-state index contributed by atoms with van der Waals surface area (Å²) in [5, 5.41) is 2.30. The molecule has 0 aliphatic rings. The average molecular weight is 420 g/mol. The summed E-state index contributed by atoms with van der Waals surface area (Å²) in [6.45, 7) is 3.16. The fourth-order valence-corrected chi connectivity index (χ4v) is 3.18. The van der Waals surface area contributed by atoms with Gasteiger partial charge in [0.25, 0.3) is 0 Å². The Balaban J connectivity index is 1.63. The van der Waals surface area contributed by atoms with Gasteiger partial charge in [0.15, 0.2) is 0 Å². The Kier molecular flexibility index (Phi) is 8.17. The van der Waals surface area contributed by atoms with Gasteiger partial charge in [-0.25, -0.2) is 13.1 Å². The van der Waals surface area contributed by atoms with Gasteiger partial charge in [-0.05, 0) is 38.1 Å². The largest absolute Gasteiger partial charge is 0.490 e. The lowest BCUT2D eigenvalue weighted by Crippen LogP contribution is -2.39. The van der Waals surface area contributed by atoms with Crippen LogP contribution in [0.4, 0.5) is 0 Å². The van der Waals surface area contributed by atoms with Crippen molar-refractivity contribution in [1.82, 2.24) is 10.0 Å². The van der Waals surface area contributed by atoms with Gasteiger partial charge in [-0.2, -0.15) is 0 Å². The second-order valence-corrected chi connectivity index (χ2v) is 8.06. The second kappa shape index (κ2) is 10.6. The molecule has 29 heavy (non-hydrogen) atoms. The first-order valence-corrected chi connectivity index (χ1v) is 10.4. The van der Waals surface area contributed by atoms with E-state index in [0.29, 0.717) is 5.75 Å². The summed E-state index contributed by atoms with van der Waals surface area (Å²) in [6, 6.07) is 13.7. The Morgan fingerprint density at radius 3 is 2.07 bits per heavy atom. The van der Waals surface area contributed by atoms with Crippen molar-refractivity contribution in [2.24, 2.45) is 0 Å². The van der Waals surface area contributed by atoms with E-state index in [-0.39, 0.29) is 24.7 Å². The number of hydrogen-bond acceptors (Lipinski definition) is 6. The third-order valence-corrected chi connectivity index (χ3v) is 5.24. The first-order chi connectivity index (χ1) is 13.8. The van der Waals surface area contributed by atoms with Crippen molar-refractivity contribution < 1.29 is 27.5 Å². The Hall–Kier alpha value is -2.91. The summed E-state index contributed by atoms with van der Waals surface area (Å²) in [6.07, 6.45) is 0. The normalized spacial score (nSPS) is 11.0. The molecule has 0 saturated heterocycles. The van der Waals surface area contributed by atoms with Crippen LogP contribution in [0.25, 0.3) is 0 Å². The number of carbonyl (C=O) groups is 2. The van der Waals surface area contributed by atoms with E-state index in [0.717, 1.165) is 11.1 Å². The van der Waals surface area contributed by atoms with Crippen LogP contribution < -0.4 is 14.8 Å². The highest BCUT2D eigenvalue weighted by Crippen LogP contribution is 2.11. The van der Waals surface area contributed by atoms with Gasteiger partial charge >= 0.3 is 5.97 Å². The Morgan fingerprint density at radius 1 is 0.862 bits per heavy atom. The van der Waals surface area contributed by atoms with Gasteiger partial charge in [0, 0.05) is 0 Å². The Labute approximate surface area is 170 Å². The molecule has 0 atom stereocenters. The number of aryl methyl sites for hydroxylation is 2. The quantitative estimate of drug-likeness (QED) is 0.443. The number of nitrogens with one attached hydrogen (secondary N) is 2. The van der Waals surface area contributed by atoms with E-state index in [9.17, 15) is 18.0 Å². The molecule has 156 valence electrons. The molecule has 2 aromatic carbocycles. The monoisotopic (exact) mass is 420 g/mol. The number of rotatable bonds is 10. The van der Waals surface area contributed by atoms with Crippen molar-refractivity contribution in [3.63, 3.8) is 0 Å². The summed E-state index contributed by atoms with van der Waals surface area (Å²) in [5.41, 5.74) is 2.03. The van der Waals surface area contributed by atoms with Crippen molar-refractivity contribution >= 4 is 21.9 Å². The zero-order chi connectivity index (χ0) is 21.3. The number of sulfonamides is 1. The van der Waals surface area contributed by atoms with Crippen molar-refractivity contribution in [1.29, 1.82) is 0 Å². The van der Waals surface area contributed by atoms with E-state index >= 15 is 0 Å². The first kappa shape index (κ1) is 22.4. The maximum absolute atomic E-state index is 12.1. The van der Waals surface area contributed by atoms with Crippen LogP contribution in [0, 0.1) is 13.8 Å². The molecule has 1 amide bonds. The van der Waals surface area contributed by atoms with Gasteiger partial charge in [0.05, 0.1) is 11.4 Å². The van der Waals surface area contributed by atoms with Crippen LogP contribution in [-0.2, 0) is 24.3 Å². The van der Waals surface area contributed by atoms with E-state index in [1.807, 2.05) is 38.1 Å². The van der Waals surface area contributed by atoms with Crippen LogP contribution in [0.3, 0.4) is 0 Å². The molecule has 0 saturated carbocycles. The van der Waals surface area contributed by atoms with Crippen molar-refractivity contribution in [3.8, 4) is 5.75 Å². The lowest BCUT2D eigenvalue weighted by Gasteiger charge is -2.09. The second-order valence-electron chi connectivity index (χ2n) is 6.30. The number of esters is 1. The summed E-state index contributed by atoms with van der Waals surface area (Å²) in [7, 11) is -3.80. The topological polar surface area (TPSA) is 111 Å². The highest BCUT2D eigenvalue weighted by molar-refractivity contribution is 7.89. The van der Waals surface area contributed by atoms with Crippen LogP contribution >= 0.6 is 0 Å². The van der Waals surface area contributed by atoms with Crippen LogP contribution in [0.15, 0.2) is 53.4 Å². The molecule has 0 unspecified atom stereocenters. The van der Waals surface area contributed by atoms with E-state index in [2.05, 4.69) is 10.0 Å². The summed E-state index contributed by atoms with van der Waals surface area (Å²) in [4.78, 5) is 23.4. The SMILES string of the molecule is Cc1ccc(OCCOC(=O)CNC(=O)CNS(=O)(=O)c2ccc(C)cc2)cc1. The van der Waals surface area contributed by atoms with E-state index in [1.165, 1.54) is 12.1 Å². The molecular formula is C20H24N2O6S. The molecule has 2 N–H and O–H groups in total. The van der Waals surface area contributed by atoms with E-state index in [1.54, 1.807) is 12.1 Å². The highest BCUT2D eigenvalue weighted by Gasteiger charge is 2.15. The maximum Gasteiger partial charge on any atom is 0.325 e. The van der Waals surface area contributed by atoms with Crippen LogP contribution in [0.1, 0.15) is 11.1 Å². The minimum absolute atomic E-state index is 0.0304. The van der Waals surface area contributed by atoms with Gasteiger partial charge in [-0.1, -0.05) is 35.4 Å². The van der Waals surface area contributed by atoms with Crippen LogP contribution in [0.5, 0.6) is 5.75 Å². The van der Waals surface area contributed by atoms with E-state index < -0.39 is 28.4 Å². The van der Waals surface area contributed by atoms with Crippen molar-refractivity contribution in [2.45, 2.75) is 18.7 Å². The van der Waals surface area contributed by atoms with Gasteiger partial charge in [-0.15, -0.1) is 0 Å². The lowest BCUT2D eigenvalue weighted by atomic mass is 10.2. The molecule has 0 aliphatic heterocycles. The molecule has 2 rings (SSSR count). The summed E-state index contributed by atoms with van der Waals surface area (Å²) in [5.74, 6) is -0.624. The molecule has 0 fully saturated rings. The summed E-state index contributed by atoms with van der Waals surface area (Å²) < 4.78 is 36.7. The molecule has 0 aromatic heterocycles. The highest BCUT2D eigenvalue weighted by atomic mass is 32.2. The third-order valence-electron chi connectivity index (χ3n) is 3.82. The fourth-order valence-electron chi connectivity index (χ4n) is 2.20. The Bertz CT molecular complexity index is 924. The lowest BCUT2D eigenvalue weighted by molar-refractivity contribution is -0.144. The third kappa shape index (κ3) is 7.92. The predicted molar refractivity (Wildman–Crippen MR) is 107 cm³/mol. The average Bonchev–Trinajstić information content (AvgIpc) is 2.70. The first-order valence-electron chi connectivity index (χ1n) is 8.94. The maximum atomic E-state index is 12.1. The molecule has 2 aromatic rings. The number of carbonyl (C=O) groups excluding carboxylic acids is 2. The van der Waals surface area contributed by atoms with Crippen molar-refractivity contribution in [3.05, 3.63) is 59.7 Å². The van der Waals surface area contributed by atoms with Crippen LogP contribution in [0.2, 0.25) is 0 Å².